The fraction of sp³-hybridized carbons (Fsp3) is 0.562. The molecule has 1 aliphatic heterocycles. The minimum atomic E-state index is 0.281. The molecule has 0 radical (unpaired) electrons. The molecule has 0 saturated carbocycles. The summed E-state index contributed by atoms with van der Waals surface area (Å²) in [5.74, 6) is 0.980. The van der Waals surface area contributed by atoms with Gasteiger partial charge in [-0.3, -0.25) is 4.90 Å². The first-order valence-corrected chi connectivity index (χ1v) is 8.01. The zero-order valence-corrected chi connectivity index (χ0v) is 13.1. The molecule has 0 aromatic heterocycles. The Labute approximate surface area is 124 Å². The van der Waals surface area contributed by atoms with E-state index in [-0.39, 0.29) is 5.78 Å². The van der Waals surface area contributed by atoms with Gasteiger partial charge in [-0.2, -0.15) is 0 Å². The lowest BCUT2D eigenvalue weighted by atomic mass is 9.89. The van der Waals surface area contributed by atoms with Crippen LogP contribution >= 0.6 is 15.9 Å². The molecule has 3 heteroatoms. The Balaban J connectivity index is 1.80. The molecular weight excluding hydrogens is 302 g/mol. The number of benzene rings is 1. The number of Topliss-reactive ketones (excluding diaryl/α,β-unsaturated/α-hetero) is 1. The summed E-state index contributed by atoms with van der Waals surface area (Å²) in [7, 11) is 0. The van der Waals surface area contributed by atoms with E-state index in [1.165, 1.54) is 18.4 Å². The Hall–Kier alpha value is -0.670. The van der Waals surface area contributed by atoms with Gasteiger partial charge in [0.25, 0.3) is 0 Å². The van der Waals surface area contributed by atoms with Gasteiger partial charge >= 0.3 is 0 Å². The highest BCUT2D eigenvalue weighted by Gasteiger charge is 2.24. The van der Waals surface area contributed by atoms with Crippen molar-refractivity contribution in [2.75, 3.05) is 13.1 Å². The van der Waals surface area contributed by atoms with Gasteiger partial charge in [-0.25, -0.2) is 0 Å². The number of hydrogen-bond donors (Lipinski definition) is 0. The first-order valence-electron chi connectivity index (χ1n) is 7.09. The Morgan fingerprint density at radius 2 is 1.95 bits per heavy atom. The molecule has 0 bridgehead atoms. The van der Waals surface area contributed by atoms with Crippen LogP contribution in [-0.4, -0.2) is 28.7 Å². The highest BCUT2D eigenvalue weighted by atomic mass is 79.9. The maximum Gasteiger partial charge on any atom is 0.129 e. The second-order valence-electron chi connectivity index (χ2n) is 5.40. The maximum atomic E-state index is 11.0. The summed E-state index contributed by atoms with van der Waals surface area (Å²) in [6.07, 6.45) is 4.03. The maximum absolute atomic E-state index is 11.0. The van der Waals surface area contributed by atoms with Gasteiger partial charge in [0.05, 0.1) is 4.95 Å². The van der Waals surface area contributed by atoms with Crippen LogP contribution in [0.1, 0.15) is 44.1 Å². The molecule has 1 heterocycles. The van der Waals surface area contributed by atoms with Crippen molar-refractivity contribution in [3.8, 4) is 0 Å². The third kappa shape index (κ3) is 4.43. The second-order valence-corrected chi connectivity index (χ2v) is 6.45. The summed E-state index contributed by atoms with van der Waals surface area (Å²) in [5.41, 5.74) is 1.47. The molecule has 2 nitrogen and oxygen atoms in total. The summed E-state index contributed by atoms with van der Waals surface area (Å²) < 4.78 is 0. The number of rotatable bonds is 5. The van der Waals surface area contributed by atoms with Crippen molar-refractivity contribution in [3.05, 3.63) is 35.9 Å². The average Bonchev–Trinajstić information content (AvgIpc) is 2.46. The van der Waals surface area contributed by atoms with Crippen LogP contribution in [-0.2, 0) is 4.79 Å². The minimum absolute atomic E-state index is 0.281. The van der Waals surface area contributed by atoms with Crippen LogP contribution in [0.2, 0.25) is 0 Å². The number of nitrogens with zero attached hydrogens (tertiary/aromatic N) is 1. The number of carbonyl (C=O) groups excluding carboxylic acids is 1. The van der Waals surface area contributed by atoms with Gasteiger partial charge in [0.1, 0.15) is 5.78 Å². The predicted octanol–water partition coefficient (Wildman–Crippen LogP) is 3.96. The highest BCUT2D eigenvalue weighted by Crippen LogP contribution is 2.30. The first-order chi connectivity index (χ1) is 9.16. The molecule has 0 N–H and O–H groups in total. The lowest BCUT2D eigenvalue weighted by molar-refractivity contribution is -0.117. The van der Waals surface area contributed by atoms with Crippen molar-refractivity contribution in [3.63, 3.8) is 0 Å². The average molecular weight is 324 g/mol. The van der Waals surface area contributed by atoms with Crippen molar-refractivity contribution in [2.45, 2.75) is 43.5 Å². The molecule has 1 aliphatic rings. The number of piperidine rings is 1. The molecule has 1 aromatic rings. The quantitative estimate of drug-likeness (QED) is 0.604. The SMILES string of the molecule is CC(=O)CCC(Br)N1CCC(c2ccccc2)CC1. The second kappa shape index (κ2) is 7.20. The standard InChI is InChI=1S/C16H22BrNO/c1-13(19)7-8-16(17)18-11-9-15(10-12-18)14-5-3-2-4-6-14/h2-6,15-16H,7-12H2,1H3. The van der Waals surface area contributed by atoms with Gasteiger partial charge in [0.2, 0.25) is 0 Å². The molecule has 0 spiro atoms. The van der Waals surface area contributed by atoms with Crippen molar-refractivity contribution < 1.29 is 4.79 Å². The van der Waals surface area contributed by atoms with E-state index in [1.807, 2.05) is 0 Å². The van der Waals surface area contributed by atoms with Crippen LogP contribution in [0.4, 0.5) is 0 Å². The van der Waals surface area contributed by atoms with Gasteiger partial charge in [-0.15, -0.1) is 0 Å². The van der Waals surface area contributed by atoms with Gasteiger partial charge < -0.3 is 4.79 Å². The third-order valence-corrected chi connectivity index (χ3v) is 4.97. The van der Waals surface area contributed by atoms with Crippen LogP contribution in [0.3, 0.4) is 0 Å². The number of carbonyl (C=O) groups is 1. The Kier molecular flexibility index (Phi) is 5.59. The summed E-state index contributed by atoms with van der Waals surface area (Å²) in [4.78, 5) is 13.8. The number of likely N-dealkylation sites (tertiary alicyclic amines) is 1. The minimum Gasteiger partial charge on any atom is -0.300 e. The fourth-order valence-electron chi connectivity index (χ4n) is 2.74. The number of halogens is 1. The normalized spacial score (nSPS) is 19.3. The monoisotopic (exact) mass is 323 g/mol. The van der Waals surface area contributed by atoms with E-state index in [0.717, 1.165) is 19.5 Å². The molecule has 1 aromatic carbocycles. The van der Waals surface area contributed by atoms with E-state index in [9.17, 15) is 4.79 Å². The number of alkyl halides is 1. The van der Waals surface area contributed by atoms with Crippen molar-refractivity contribution >= 4 is 21.7 Å². The van der Waals surface area contributed by atoms with E-state index in [1.54, 1.807) is 6.92 Å². The smallest absolute Gasteiger partial charge is 0.129 e. The molecule has 1 unspecified atom stereocenters. The van der Waals surface area contributed by atoms with Crippen LogP contribution in [0, 0.1) is 0 Å². The molecule has 0 aliphatic carbocycles. The Morgan fingerprint density at radius 1 is 1.32 bits per heavy atom. The van der Waals surface area contributed by atoms with Gasteiger partial charge in [-0.1, -0.05) is 46.3 Å². The predicted molar refractivity (Wildman–Crippen MR) is 82.6 cm³/mol. The first kappa shape index (κ1) is 14.7. The summed E-state index contributed by atoms with van der Waals surface area (Å²) >= 11 is 3.72. The number of hydrogen-bond acceptors (Lipinski definition) is 2. The van der Waals surface area contributed by atoms with Crippen LogP contribution in [0.5, 0.6) is 0 Å². The third-order valence-electron chi connectivity index (χ3n) is 3.93. The van der Waals surface area contributed by atoms with Crippen LogP contribution in [0.15, 0.2) is 30.3 Å². The lowest BCUT2D eigenvalue weighted by Crippen LogP contribution is -2.38. The number of ketones is 1. The lowest BCUT2D eigenvalue weighted by Gasteiger charge is -2.35. The Bertz CT molecular complexity index is 398. The molecule has 19 heavy (non-hydrogen) atoms. The zero-order chi connectivity index (χ0) is 13.7. The van der Waals surface area contributed by atoms with Gasteiger partial charge in [0.15, 0.2) is 0 Å². The highest BCUT2D eigenvalue weighted by molar-refractivity contribution is 9.09. The summed E-state index contributed by atoms with van der Waals surface area (Å²) in [6.45, 7) is 3.90. The van der Waals surface area contributed by atoms with Gasteiger partial charge in [0, 0.05) is 6.42 Å². The molecule has 2 rings (SSSR count). The van der Waals surface area contributed by atoms with E-state index < -0.39 is 0 Å². The van der Waals surface area contributed by atoms with Crippen LogP contribution < -0.4 is 0 Å². The molecule has 1 saturated heterocycles. The molecule has 0 amide bonds. The molecule has 104 valence electrons. The fourth-order valence-corrected chi connectivity index (χ4v) is 3.38. The van der Waals surface area contributed by atoms with Gasteiger partial charge in [-0.05, 0) is 50.8 Å². The largest absolute Gasteiger partial charge is 0.300 e. The van der Waals surface area contributed by atoms with Crippen molar-refractivity contribution in [1.82, 2.24) is 4.90 Å². The van der Waals surface area contributed by atoms with E-state index in [0.29, 0.717) is 17.3 Å². The van der Waals surface area contributed by atoms with E-state index in [4.69, 9.17) is 0 Å². The van der Waals surface area contributed by atoms with E-state index >= 15 is 0 Å². The van der Waals surface area contributed by atoms with E-state index in [2.05, 4.69) is 51.2 Å². The topological polar surface area (TPSA) is 20.3 Å². The van der Waals surface area contributed by atoms with Crippen molar-refractivity contribution in [2.24, 2.45) is 0 Å². The zero-order valence-electron chi connectivity index (χ0n) is 11.5. The Morgan fingerprint density at radius 3 is 2.53 bits per heavy atom. The summed E-state index contributed by atoms with van der Waals surface area (Å²) in [5, 5.41) is 0. The molecule has 1 fully saturated rings. The van der Waals surface area contributed by atoms with Crippen LogP contribution in [0.25, 0.3) is 0 Å². The van der Waals surface area contributed by atoms with Crippen molar-refractivity contribution in [1.29, 1.82) is 0 Å². The summed E-state index contributed by atoms with van der Waals surface area (Å²) in [6, 6.07) is 10.8. The molecular formula is C16H22BrNO. The molecule has 1 atom stereocenters.